The number of aliphatic hydroxyl groups is 1. The van der Waals surface area contributed by atoms with Gasteiger partial charge in [0.1, 0.15) is 0 Å². The van der Waals surface area contributed by atoms with E-state index in [9.17, 15) is 9.90 Å². The third-order valence-electron chi connectivity index (χ3n) is 4.14. The maximum absolute atomic E-state index is 11.6. The van der Waals surface area contributed by atoms with Gasteiger partial charge < -0.3 is 10.4 Å². The van der Waals surface area contributed by atoms with Crippen LogP contribution in [0.4, 0.5) is 0 Å². The number of nitrogens with zero attached hydrogens (tertiary/aromatic N) is 1. The highest BCUT2D eigenvalue weighted by Crippen LogP contribution is 2.26. The molecule has 1 amide bonds. The number of nitrogens with one attached hydrogen (secondary N) is 1. The van der Waals surface area contributed by atoms with Crippen LogP contribution in [-0.2, 0) is 11.2 Å². The largest absolute Gasteiger partial charge is 0.389 e. The second-order valence-electron chi connectivity index (χ2n) is 6.12. The summed E-state index contributed by atoms with van der Waals surface area (Å²) in [6.07, 6.45) is 2.14. The molecular formula is C17H26N2O2. The molecule has 0 saturated carbocycles. The first-order valence-electron chi connectivity index (χ1n) is 7.78. The van der Waals surface area contributed by atoms with E-state index in [0.717, 1.165) is 25.9 Å². The smallest absolute Gasteiger partial charge is 0.234 e. The van der Waals surface area contributed by atoms with Crippen molar-refractivity contribution in [2.75, 3.05) is 26.2 Å². The number of carbonyl (C=O) groups excluding carboxylic acids is 1. The zero-order valence-corrected chi connectivity index (χ0v) is 13.1. The van der Waals surface area contributed by atoms with Crippen molar-refractivity contribution in [1.82, 2.24) is 10.2 Å². The van der Waals surface area contributed by atoms with E-state index in [2.05, 4.69) is 35.3 Å². The minimum absolute atomic E-state index is 0.0709. The van der Waals surface area contributed by atoms with E-state index >= 15 is 0 Å². The van der Waals surface area contributed by atoms with Gasteiger partial charge in [0, 0.05) is 26.1 Å². The van der Waals surface area contributed by atoms with Crippen molar-refractivity contribution < 1.29 is 9.90 Å². The summed E-state index contributed by atoms with van der Waals surface area (Å²) < 4.78 is 0. The molecule has 1 saturated heterocycles. The summed E-state index contributed by atoms with van der Waals surface area (Å²) in [5, 5.41) is 13.6. The molecule has 2 N–H and O–H groups in total. The highest BCUT2D eigenvalue weighted by atomic mass is 16.3. The first kappa shape index (κ1) is 16.0. The Morgan fingerprint density at radius 1 is 1.38 bits per heavy atom. The Morgan fingerprint density at radius 2 is 2.10 bits per heavy atom. The Bertz CT molecular complexity index is 479. The zero-order valence-electron chi connectivity index (χ0n) is 13.1. The average molecular weight is 290 g/mol. The van der Waals surface area contributed by atoms with Gasteiger partial charge in [-0.3, -0.25) is 9.69 Å². The lowest BCUT2D eigenvalue weighted by Crippen LogP contribution is -2.48. The normalized spacial score (nSPS) is 18.4. The third-order valence-corrected chi connectivity index (χ3v) is 4.14. The highest BCUT2D eigenvalue weighted by Gasteiger charge is 2.32. The topological polar surface area (TPSA) is 52.6 Å². The molecule has 4 heteroatoms. The van der Waals surface area contributed by atoms with Crippen LogP contribution >= 0.6 is 0 Å². The van der Waals surface area contributed by atoms with Crippen molar-refractivity contribution in [2.45, 2.75) is 38.7 Å². The molecule has 0 spiro atoms. The summed E-state index contributed by atoms with van der Waals surface area (Å²) in [5.74, 6) is 0.0709. The first-order chi connectivity index (χ1) is 10.0. The van der Waals surface area contributed by atoms with Gasteiger partial charge in [-0.2, -0.15) is 0 Å². The first-order valence-corrected chi connectivity index (χ1v) is 7.78. The molecule has 0 atom stereocenters. The summed E-state index contributed by atoms with van der Waals surface area (Å²) in [6.45, 7) is 6.66. The molecule has 1 heterocycles. The number of carbonyl (C=O) groups is 1. The van der Waals surface area contributed by atoms with Crippen LogP contribution in [-0.4, -0.2) is 47.7 Å². The molecule has 1 aliphatic heterocycles. The molecule has 2 rings (SSSR count). The fraction of sp³-hybridized carbons (Fsp3) is 0.588. The number of amides is 1. The Morgan fingerprint density at radius 3 is 2.71 bits per heavy atom. The van der Waals surface area contributed by atoms with Crippen LogP contribution in [0, 0.1) is 6.92 Å². The third kappa shape index (κ3) is 4.83. The van der Waals surface area contributed by atoms with Gasteiger partial charge in [0.15, 0.2) is 0 Å². The molecule has 0 unspecified atom stereocenters. The molecule has 0 aliphatic carbocycles. The molecule has 0 radical (unpaired) electrons. The number of hydrogen-bond acceptors (Lipinski definition) is 3. The maximum Gasteiger partial charge on any atom is 0.234 e. The van der Waals surface area contributed by atoms with E-state index in [1.54, 1.807) is 0 Å². The number of likely N-dealkylation sites (N-methyl/N-ethyl adjacent to an activating group) is 1. The fourth-order valence-corrected chi connectivity index (χ4v) is 2.96. The Labute approximate surface area is 127 Å². The van der Waals surface area contributed by atoms with Gasteiger partial charge in [-0.05, 0) is 32.3 Å². The van der Waals surface area contributed by atoms with Crippen LogP contribution in [0.1, 0.15) is 30.9 Å². The molecule has 0 aromatic heterocycles. The SMILES string of the molecule is CCNC(=O)CN1CCC(O)(Cc2cccc(C)c2)CC1. The fourth-order valence-electron chi connectivity index (χ4n) is 2.96. The zero-order chi connectivity index (χ0) is 15.3. The standard InChI is InChI=1S/C17H26N2O2/c1-3-18-16(20)13-19-9-7-17(21,8-10-19)12-15-6-4-5-14(2)11-15/h4-6,11,21H,3,7-10,12-13H2,1-2H3,(H,18,20). The number of benzene rings is 1. The number of piperidine rings is 1. The molecule has 4 nitrogen and oxygen atoms in total. The van der Waals surface area contributed by atoms with Gasteiger partial charge in [0.05, 0.1) is 12.1 Å². The van der Waals surface area contributed by atoms with Gasteiger partial charge in [0.25, 0.3) is 0 Å². The predicted octanol–water partition coefficient (Wildman–Crippen LogP) is 1.50. The lowest BCUT2D eigenvalue weighted by atomic mass is 9.85. The highest BCUT2D eigenvalue weighted by molar-refractivity contribution is 5.77. The van der Waals surface area contributed by atoms with Crippen LogP contribution < -0.4 is 5.32 Å². The summed E-state index contributed by atoms with van der Waals surface area (Å²) >= 11 is 0. The summed E-state index contributed by atoms with van der Waals surface area (Å²) in [4.78, 5) is 13.7. The van der Waals surface area contributed by atoms with Crippen molar-refractivity contribution in [3.05, 3.63) is 35.4 Å². The second-order valence-corrected chi connectivity index (χ2v) is 6.12. The van der Waals surface area contributed by atoms with E-state index < -0.39 is 5.60 Å². The van der Waals surface area contributed by atoms with E-state index in [-0.39, 0.29) is 5.91 Å². The lowest BCUT2D eigenvalue weighted by Gasteiger charge is -2.38. The van der Waals surface area contributed by atoms with Crippen LogP contribution in [0.15, 0.2) is 24.3 Å². The van der Waals surface area contributed by atoms with Gasteiger partial charge in [-0.1, -0.05) is 29.8 Å². The van der Waals surface area contributed by atoms with Gasteiger partial charge in [-0.15, -0.1) is 0 Å². The van der Waals surface area contributed by atoms with Gasteiger partial charge in [-0.25, -0.2) is 0 Å². The average Bonchev–Trinajstić information content (AvgIpc) is 2.42. The Balaban J connectivity index is 1.85. The van der Waals surface area contributed by atoms with E-state index in [4.69, 9.17) is 0 Å². The predicted molar refractivity (Wildman–Crippen MR) is 84.2 cm³/mol. The second kappa shape index (κ2) is 7.05. The Kier molecular flexibility index (Phi) is 5.37. The molecule has 21 heavy (non-hydrogen) atoms. The monoisotopic (exact) mass is 290 g/mol. The molecule has 1 aliphatic rings. The van der Waals surface area contributed by atoms with Gasteiger partial charge in [0.2, 0.25) is 5.91 Å². The molecule has 1 aromatic rings. The van der Waals surface area contributed by atoms with Gasteiger partial charge >= 0.3 is 0 Å². The number of rotatable bonds is 5. The number of aryl methyl sites for hydroxylation is 1. The van der Waals surface area contributed by atoms with Crippen molar-refractivity contribution in [3.8, 4) is 0 Å². The van der Waals surface area contributed by atoms with Crippen LogP contribution in [0.3, 0.4) is 0 Å². The molecular weight excluding hydrogens is 264 g/mol. The van der Waals surface area contributed by atoms with E-state index in [1.807, 2.05) is 13.0 Å². The van der Waals surface area contributed by atoms with Crippen LogP contribution in [0.25, 0.3) is 0 Å². The van der Waals surface area contributed by atoms with Crippen molar-refractivity contribution in [3.63, 3.8) is 0 Å². The quantitative estimate of drug-likeness (QED) is 0.864. The Hall–Kier alpha value is -1.39. The molecule has 1 fully saturated rings. The minimum atomic E-state index is -0.633. The molecule has 0 bridgehead atoms. The summed E-state index contributed by atoms with van der Waals surface area (Å²) in [7, 11) is 0. The van der Waals surface area contributed by atoms with Crippen LogP contribution in [0.5, 0.6) is 0 Å². The van der Waals surface area contributed by atoms with Crippen molar-refractivity contribution >= 4 is 5.91 Å². The maximum atomic E-state index is 11.6. The summed E-state index contributed by atoms with van der Waals surface area (Å²) in [5.41, 5.74) is 1.78. The minimum Gasteiger partial charge on any atom is -0.389 e. The molecule has 1 aromatic carbocycles. The summed E-state index contributed by atoms with van der Waals surface area (Å²) in [6, 6.07) is 8.33. The van der Waals surface area contributed by atoms with Crippen molar-refractivity contribution in [2.24, 2.45) is 0 Å². The van der Waals surface area contributed by atoms with Crippen LogP contribution in [0.2, 0.25) is 0 Å². The molecule has 116 valence electrons. The van der Waals surface area contributed by atoms with Crippen molar-refractivity contribution in [1.29, 1.82) is 0 Å². The van der Waals surface area contributed by atoms with E-state index in [1.165, 1.54) is 11.1 Å². The lowest BCUT2D eigenvalue weighted by molar-refractivity contribution is -0.123. The van der Waals surface area contributed by atoms with E-state index in [0.29, 0.717) is 19.5 Å². The number of likely N-dealkylation sites (tertiary alicyclic amines) is 1. The number of hydrogen-bond donors (Lipinski definition) is 2.